The van der Waals surface area contributed by atoms with Crippen LogP contribution in [-0.4, -0.2) is 18.0 Å². The standard InChI is InChI=1S/C15H32N2O/c1-10(2)12(11(3)4)9-17-13(18)14(5,6)15(7,8)16/h10-12H,9,16H2,1-8H3,(H,17,18). The Labute approximate surface area is 113 Å². The Morgan fingerprint density at radius 2 is 1.44 bits per heavy atom. The molecule has 3 nitrogen and oxygen atoms in total. The number of nitrogens with two attached hydrogens (primary N) is 1. The first-order valence-electron chi connectivity index (χ1n) is 6.98. The van der Waals surface area contributed by atoms with E-state index in [-0.39, 0.29) is 5.91 Å². The first-order chi connectivity index (χ1) is 7.91. The molecule has 0 atom stereocenters. The highest BCUT2D eigenvalue weighted by Crippen LogP contribution is 2.28. The normalized spacial score (nSPS) is 13.6. The molecule has 0 unspecified atom stereocenters. The van der Waals surface area contributed by atoms with Crippen molar-refractivity contribution in [3.63, 3.8) is 0 Å². The fourth-order valence-electron chi connectivity index (χ4n) is 1.97. The van der Waals surface area contributed by atoms with E-state index in [1.54, 1.807) is 0 Å². The molecular weight excluding hydrogens is 224 g/mol. The molecule has 3 heteroatoms. The first kappa shape index (κ1) is 17.4. The van der Waals surface area contributed by atoms with Crippen molar-refractivity contribution in [2.24, 2.45) is 28.9 Å². The van der Waals surface area contributed by atoms with Gasteiger partial charge in [0.05, 0.1) is 5.41 Å². The topological polar surface area (TPSA) is 55.1 Å². The summed E-state index contributed by atoms with van der Waals surface area (Å²) in [4.78, 5) is 12.3. The molecule has 0 rings (SSSR count). The molecule has 0 fully saturated rings. The van der Waals surface area contributed by atoms with Gasteiger partial charge in [0.2, 0.25) is 5.91 Å². The van der Waals surface area contributed by atoms with E-state index in [9.17, 15) is 4.79 Å². The summed E-state index contributed by atoms with van der Waals surface area (Å²) in [5.74, 6) is 1.69. The molecule has 0 heterocycles. The Bertz CT molecular complexity index is 267. The molecule has 0 aromatic rings. The highest BCUT2D eigenvalue weighted by atomic mass is 16.2. The van der Waals surface area contributed by atoms with Crippen molar-refractivity contribution in [2.75, 3.05) is 6.54 Å². The van der Waals surface area contributed by atoms with Gasteiger partial charge >= 0.3 is 0 Å². The summed E-state index contributed by atoms with van der Waals surface area (Å²) in [7, 11) is 0. The van der Waals surface area contributed by atoms with Crippen LogP contribution in [0.2, 0.25) is 0 Å². The number of carbonyl (C=O) groups excluding carboxylic acids is 1. The molecule has 0 aliphatic heterocycles. The average Bonchev–Trinajstić information content (AvgIpc) is 2.14. The molecule has 0 spiro atoms. The summed E-state index contributed by atoms with van der Waals surface area (Å²) in [5.41, 5.74) is 4.99. The molecule has 3 N–H and O–H groups in total. The van der Waals surface area contributed by atoms with Gasteiger partial charge in [-0.15, -0.1) is 0 Å². The molecule has 0 radical (unpaired) electrons. The van der Waals surface area contributed by atoms with Gasteiger partial charge in [-0.25, -0.2) is 0 Å². The lowest BCUT2D eigenvalue weighted by Gasteiger charge is -2.37. The Kier molecular flexibility index (Phi) is 5.86. The summed E-state index contributed by atoms with van der Waals surface area (Å²) < 4.78 is 0. The summed E-state index contributed by atoms with van der Waals surface area (Å²) in [6.07, 6.45) is 0. The van der Waals surface area contributed by atoms with E-state index in [0.717, 1.165) is 6.54 Å². The van der Waals surface area contributed by atoms with E-state index in [1.807, 2.05) is 27.7 Å². The molecule has 0 aliphatic carbocycles. The fraction of sp³-hybridized carbons (Fsp3) is 0.933. The van der Waals surface area contributed by atoms with E-state index in [4.69, 9.17) is 5.73 Å². The highest BCUT2D eigenvalue weighted by Gasteiger charge is 2.40. The van der Waals surface area contributed by atoms with Crippen molar-refractivity contribution in [3.05, 3.63) is 0 Å². The summed E-state index contributed by atoms with van der Waals surface area (Å²) in [6, 6.07) is 0. The maximum absolute atomic E-state index is 12.3. The van der Waals surface area contributed by atoms with Gasteiger partial charge in [-0.05, 0) is 45.4 Å². The van der Waals surface area contributed by atoms with Crippen LogP contribution in [0, 0.1) is 23.2 Å². The van der Waals surface area contributed by atoms with Crippen molar-refractivity contribution < 1.29 is 4.79 Å². The summed E-state index contributed by atoms with van der Waals surface area (Å²) in [5, 5.41) is 3.07. The van der Waals surface area contributed by atoms with Crippen LogP contribution in [0.25, 0.3) is 0 Å². The molecule has 0 aliphatic rings. The second kappa shape index (κ2) is 6.05. The van der Waals surface area contributed by atoms with Crippen molar-refractivity contribution in [3.8, 4) is 0 Å². The third kappa shape index (κ3) is 4.27. The largest absolute Gasteiger partial charge is 0.355 e. The van der Waals surface area contributed by atoms with Crippen molar-refractivity contribution in [1.82, 2.24) is 5.32 Å². The van der Waals surface area contributed by atoms with Crippen LogP contribution in [0.1, 0.15) is 55.4 Å². The zero-order valence-electron chi connectivity index (χ0n) is 13.4. The van der Waals surface area contributed by atoms with Crippen molar-refractivity contribution >= 4 is 5.91 Å². The average molecular weight is 256 g/mol. The Morgan fingerprint density at radius 3 is 1.72 bits per heavy atom. The molecule has 0 saturated heterocycles. The third-order valence-electron chi connectivity index (χ3n) is 4.39. The molecule has 0 aromatic carbocycles. The summed E-state index contributed by atoms with van der Waals surface area (Å²) >= 11 is 0. The minimum atomic E-state index is -0.564. The van der Waals surface area contributed by atoms with Gasteiger partial charge in [0.15, 0.2) is 0 Å². The zero-order valence-corrected chi connectivity index (χ0v) is 13.4. The number of carbonyl (C=O) groups is 1. The Morgan fingerprint density at radius 1 is 1.06 bits per heavy atom. The molecule has 1 amide bonds. The minimum absolute atomic E-state index is 0.0429. The van der Waals surface area contributed by atoms with Crippen LogP contribution < -0.4 is 11.1 Å². The van der Waals surface area contributed by atoms with Crippen molar-refractivity contribution in [2.45, 2.75) is 60.9 Å². The van der Waals surface area contributed by atoms with E-state index in [2.05, 4.69) is 33.0 Å². The monoisotopic (exact) mass is 256 g/mol. The van der Waals surface area contributed by atoms with Gasteiger partial charge in [-0.2, -0.15) is 0 Å². The molecule has 0 aromatic heterocycles. The van der Waals surface area contributed by atoms with Gasteiger partial charge in [-0.3, -0.25) is 4.79 Å². The lowest BCUT2D eigenvalue weighted by molar-refractivity contribution is -0.132. The smallest absolute Gasteiger partial charge is 0.227 e. The Balaban J connectivity index is 4.60. The number of hydrogen-bond acceptors (Lipinski definition) is 2. The van der Waals surface area contributed by atoms with Gasteiger partial charge in [0, 0.05) is 12.1 Å². The van der Waals surface area contributed by atoms with E-state index in [1.165, 1.54) is 0 Å². The van der Waals surface area contributed by atoms with E-state index < -0.39 is 11.0 Å². The highest BCUT2D eigenvalue weighted by molar-refractivity contribution is 5.83. The second-order valence-corrected chi connectivity index (χ2v) is 7.21. The molecule has 0 saturated carbocycles. The molecular formula is C15H32N2O. The lowest BCUT2D eigenvalue weighted by Crippen LogP contribution is -2.56. The fourth-order valence-corrected chi connectivity index (χ4v) is 1.97. The summed E-state index contributed by atoms with van der Waals surface area (Å²) in [6.45, 7) is 17.1. The predicted octanol–water partition coefficient (Wildman–Crippen LogP) is 2.79. The van der Waals surface area contributed by atoms with E-state index in [0.29, 0.717) is 17.8 Å². The molecule has 18 heavy (non-hydrogen) atoms. The van der Waals surface area contributed by atoms with Crippen LogP contribution in [-0.2, 0) is 4.79 Å². The van der Waals surface area contributed by atoms with Crippen LogP contribution in [0.5, 0.6) is 0 Å². The van der Waals surface area contributed by atoms with Gasteiger partial charge in [0.25, 0.3) is 0 Å². The third-order valence-corrected chi connectivity index (χ3v) is 4.39. The molecule has 0 bridgehead atoms. The number of amides is 1. The van der Waals surface area contributed by atoms with E-state index >= 15 is 0 Å². The number of hydrogen-bond donors (Lipinski definition) is 2. The van der Waals surface area contributed by atoms with Crippen molar-refractivity contribution in [1.29, 1.82) is 0 Å². The zero-order chi connectivity index (χ0) is 14.7. The van der Waals surface area contributed by atoms with Crippen LogP contribution in [0.3, 0.4) is 0 Å². The lowest BCUT2D eigenvalue weighted by atomic mass is 9.74. The first-order valence-corrected chi connectivity index (χ1v) is 6.98. The number of rotatable bonds is 6. The van der Waals surface area contributed by atoms with Crippen LogP contribution >= 0.6 is 0 Å². The van der Waals surface area contributed by atoms with Gasteiger partial charge < -0.3 is 11.1 Å². The Hall–Kier alpha value is -0.570. The van der Waals surface area contributed by atoms with Gasteiger partial charge in [-0.1, -0.05) is 27.7 Å². The van der Waals surface area contributed by atoms with Gasteiger partial charge in [0.1, 0.15) is 0 Å². The minimum Gasteiger partial charge on any atom is -0.355 e. The van der Waals surface area contributed by atoms with Crippen LogP contribution in [0.4, 0.5) is 0 Å². The van der Waals surface area contributed by atoms with Crippen LogP contribution in [0.15, 0.2) is 0 Å². The molecule has 108 valence electrons. The second-order valence-electron chi connectivity index (χ2n) is 7.21. The SMILES string of the molecule is CC(C)C(CNC(=O)C(C)(C)C(C)(C)N)C(C)C. The quantitative estimate of drug-likeness (QED) is 0.768. The predicted molar refractivity (Wildman–Crippen MR) is 78.2 cm³/mol. The number of nitrogens with one attached hydrogen (secondary N) is 1. The maximum Gasteiger partial charge on any atom is 0.227 e. The maximum atomic E-state index is 12.3.